The van der Waals surface area contributed by atoms with E-state index >= 15 is 0 Å². The molecule has 2 aliphatic rings. The van der Waals surface area contributed by atoms with Gasteiger partial charge in [-0.2, -0.15) is 0 Å². The second-order valence-electron chi connectivity index (χ2n) is 7.15. The lowest BCUT2D eigenvalue weighted by Crippen LogP contribution is -2.54. The van der Waals surface area contributed by atoms with Gasteiger partial charge in [-0.15, -0.1) is 0 Å². The number of fused-ring (bicyclic) bond motifs is 1. The predicted octanol–water partition coefficient (Wildman–Crippen LogP) is 0.278. The second-order valence-corrected chi connectivity index (χ2v) is 7.15. The fraction of sp³-hybridized carbons (Fsp3) is 0.238. The van der Waals surface area contributed by atoms with Gasteiger partial charge in [-0.3, -0.25) is 19.7 Å². The minimum atomic E-state index is -1.61. The Balaban J connectivity index is 1.66. The standard InChI is InChI=1S/C21H18N4O5/c1-12-7-14-10-25(18(27)15(14)8-16(12)30-2)11-21(19(28)23-20(29)24-21)6-5-13-3-4-17(26)22-9-13/h3-4,7-9H,10-11H2,1-2H3,(H,22,26)(H2,23,24,28,29)/t21-/m0/s1. The molecule has 4 rings (SSSR count). The lowest BCUT2D eigenvalue weighted by molar-refractivity contribution is -0.122. The van der Waals surface area contributed by atoms with Gasteiger partial charge in [-0.1, -0.05) is 11.8 Å². The van der Waals surface area contributed by atoms with Gasteiger partial charge in [0.1, 0.15) is 5.75 Å². The topological polar surface area (TPSA) is 121 Å². The number of urea groups is 1. The van der Waals surface area contributed by atoms with Gasteiger partial charge < -0.3 is 19.9 Å². The third-order valence-electron chi connectivity index (χ3n) is 5.07. The number of carbonyl (C=O) groups excluding carboxylic acids is 3. The van der Waals surface area contributed by atoms with Gasteiger partial charge in [0.05, 0.1) is 13.7 Å². The molecule has 1 atom stereocenters. The molecule has 0 saturated carbocycles. The molecular formula is C21H18N4O5. The first-order valence-electron chi connectivity index (χ1n) is 9.13. The number of ether oxygens (including phenoxy) is 1. The summed E-state index contributed by atoms with van der Waals surface area (Å²) in [5, 5.41) is 4.73. The zero-order valence-corrected chi connectivity index (χ0v) is 16.3. The van der Waals surface area contributed by atoms with Gasteiger partial charge in [0.15, 0.2) is 0 Å². The highest BCUT2D eigenvalue weighted by molar-refractivity contribution is 6.10. The first kappa shape index (κ1) is 19.3. The number of rotatable bonds is 3. The van der Waals surface area contributed by atoms with Crippen molar-refractivity contribution < 1.29 is 19.1 Å². The molecular weight excluding hydrogens is 388 g/mol. The number of methoxy groups -OCH3 is 1. The smallest absolute Gasteiger partial charge is 0.323 e. The summed E-state index contributed by atoms with van der Waals surface area (Å²) in [4.78, 5) is 52.6. The van der Waals surface area contributed by atoms with Crippen LogP contribution >= 0.6 is 0 Å². The molecule has 0 spiro atoms. The highest BCUT2D eigenvalue weighted by Crippen LogP contribution is 2.31. The Morgan fingerprint density at radius 1 is 1.20 bits per heavy atom. The quantitative estimate of drug-likeness (QED) is 0.499. The molecule has 1 fully saturated rings. The molecule has 2 aromatic rings. The molecule has 3 N–H and O–H groups in total. The number of hydrogen-bond acceptors (Lipinski definition) is 5. The lowest BCUT2D eigenvalue weighted by atomic mass is 9.99. The fourth-order valence-corrected chi connectivity index (χ4v) is 3.56. The highest BCUT2D eigenvalue weighted by Gasteiger charge is 2.48. The number of pyridine rings is 1. The summed E-state index contributed by atoms with van der Waals surface area (Å²) in [6.45, 7) is 2.04. The van der Waals surface area contributed by atoms with Crippen LogP contribution in [0, 0.1) is 18.8 Å². The van der Waals surface area contributed by atoms with Gasteiger partial charge in [0.25, 0.3) is 11.8 Å². The monoisotopic (exact) mass is 406 g/mol. The van der Waals surface area contributed by atoms with Crippen molar-refractivity contribution in [2.75, 3.05) is 13.7 Å². The number of benzene rings is 1. The third-order valence-corrected chi connectivity index (χ3v) is 5.07. The van der Waals surface area contributed by atoms with E-state index in [2.05, 4.69) is 27.5 Å². The summed E-state index contributed by atoms with van der Waals surface area (Å²) in [5.41, 5.74) is 0.764. The van der Waals surface area contributed by atoms with Gasteiger partial charge >= 0.3 is 6.03 Å². The molecule has 0 unspecified atom stereocenters. The minimum Gasteiger partial charge on any atom is -0.496 e. The molecule has 0 bridgehead atoms. The second kappa shape index (κ2) is 7.08. The maximum atomic E-state index is 12.9. The van der Waals surface area contributed by atoms with Crippen molar-refractivity contribution >= 4 is 17.8 Å². The Labute approximate surface area is 171 Å². The number of imide groups is 1. The molecule has 1 aromatic carbocycles. The van der Waals surface area contributed by atoms with E-state index in [-0.39, 0.29) is 24.6 Å². The fourth-order valence-electron chi connectivity index (χ4n) is 3.56. The van der Waals surface area contributed by atoms with E-state index in [1.54, 1.807) is 6.07 Å². The van der Waals surface area contributed by atoms with Crippen molar-refractivity contribution in [1.29, 1.82) is 0 Å². The minimum absolute atomic E-state index is 0.129. The van der Waals surface area contributed by atoms with E-state index in [1.807, 2.05) is 13.0 Å². The summed E-state index contributed by atoms with van der Waals surface area (Å²) in [6.07, 6.45) is 1.41. The van der Waals surface area contributed by atoms with Crippen LogP contribution in [0.5, 0.6) is 5.75 Å². The molecule has 30 heavy (non-hydrogen) atoms. The maximum Gasteiger partial charge on any atom is 0.323 e. The number of nitrogens with one attached hydrogen (secondary N) is 3. The van der Waals surface area contributed by atoms with E-state index in [0.29, 0.717) is 16.9 Å². The van der Waals surface area contributed by atoms with Crippen LogP contribution in [0.15, 0.2) is 35.3 Å². The molecule has 152 valence electrons. The van der Waals surface area contributed by atoms with Crippen LogP contribution in [-0.2, 0) is 11.3 Å². The van der Waals surface area contributed by atoms with E-state index in [9.17, 15) is 19.2 Å². The Morgan fingerprint density at radius 2 is 2.00 bits per heavy atom. The van der Waals surface area contributed by atoms with Crippen molar-refractivity contribution in [2.24, 2.45) is 0 Å². The summed E-state index contributed by atoms with van der Waals surface area (Å²) in [7, 11) is 1.53. The molecule has 0 aliphatic carbocycles. The molecule has 4 amide bonds. The van der Waals surface area contributed by atoms with Crippen molar-refractivity contribution in [3.05, 3.63) is 63.1 Å². The van der Waals surface area contributed by atoms with E-state index in [1.165, 1.54) is 30.3 Å². The summed E-state index contributed by atoms with van der Waals surface area (Å²) < 4.78 is 5.29. The van der Waals surface area contributed by atoms with Gasteiger partial charge in [-0.05, 0) is 36.2 Å². The van der Waals surface area contributed by atoms with Crippen molar-refractivity contribution in [1.82, 2.24) is 20.5 Å². The van der Waals surface area contributed by atoms with Gasteiger partial charge in [0.2, 0.25) is 11.1 Å². The Kier molecular flexibility index (Phi) is 4.54. The lowest BCUT2D eigenvalue weighted by Gasteiger charge is -2.26. The number of aryl methyl sites for hydroxylation is 1. The molecule has 1 saturated heterocycles. The zero-order valence-electron chi connectivity index (χ0n) is 16.3. The molecule has 9 heteroatoms. The first-order valence-corrected chi connectivity index (χ1v) is 9.13. The van der Waals surface area contributed by atoms with Crippen LogP contribution in [0.2, 0.25) is 0 Å². The third kappa shape index (κ3) is 3.28. The van der Waals surface area contributed by atoms with E-state index in [4.69, 9.17) is 4.74 Å². The van der Waals surface area contributed by atoms with E-state index in [0.717, 1.165) is 11.1 Å². The van der Waals surface area contributed by atoms with Crippen LogP contribution in [-0.4, -0.2) is 46.9 Å². The van der Waals surface area contributed by atoms with Crippen LogP contribution < -0.4 is 20.9 Å². The number of carbonyl (C=O) groups is 3. The van der Waals surface area contributed by atoms with Gasteiger partial charge in [0, 0.05) is 29.9 Å². The SMILES string of the molecule is COc1cc2c(cc1C)CN(C[C@]1(C#Cc3ccc(=O)[nH]c3)NC(=O)NC1=O)C2=O. The number of H-pyrrole nitrogens is 1. The molecule has 0 radical (unpaired) electrons. The van der Waals surface area contributed by atoms with Crippen LogP contribution in [0.3, 0.4) is 0 Å². The summed E-state index contributed by atoms with van der Waals surface area (Å²) >= 11 is 0. The average molecular weight is 406 g/mol. The average Bonchev–Trinajstić information content (AvgIpc) is 3.16. The van der Waals surface area contributed by atoms with Crippen molar-refractivity contribution in [3.63, 3.8) is 0 Å². The summed E-state index contributed by atoms with van der Waals surface area (Å²) in [5.74, 6) is 5.26. The Bertz CT molecular complexity index is 1190. The Morgan fingerprint density at radius 3 is 2.63 bits per heavy atom. The Hall–Kier alpha value is -4.06. The van der Waals surface area contributed by atoms with Crippen LogP contribution in [0.1, 0.15) is 27.0 Å². The van der Waals surface area contributed by atoms with Gasteiger partial charge in [-0.25, -0.2) is 4.79 Å². The van der Waals surface area contributed by atoms with E-state index < -0.39 is 17.5 Å². The zero-order chi connectivity index (χ0) is 21.5. The number of nitrogens with zero attached hydrogens (tertiary/aromatic N) is 1. The summed E-state index contributed by atoms with van der Waals surface area (Å²) in [6, 6.07) is 5.68. The first-order chi connectivity index (χ1) is 14.3. The highest BCUT2D eigenvalue weighted by atomic mass is 16.5. The van der Waals surface area contributed by atoms with Crippen LogP contribution in [0.4, 0.5) is 4.79 Å². The van der Waals surface area contributed by atoms with Crippen molar-refractivity contribution in [3.8, 4) is 17.6 Å². The predicted molar refractivity (Wildman–Crippen MR) is 106 cm³/mol. The number of amides is 4. The maximum absolute atomic E-state index is 12.9. The molecule has 1 aromatic heterocycles. The molecule has 9 nitrogen and oxygen atoms in total. The van der Waals surface area contributed by atoms with Crippen molar-refractivity contribution in [2.45, 2.75) is 19.0 Å². The number of aromatic amines is 1. The largest absolute Gasteiger partial charge is 0.496 e. The molecule has 2 aliphatic heterocycles. The number of aromatic nitrogens is 1. The number of hydrogen-bond donors (Lipinski definition) is 3. The normalized spacial score (nSPS) is 19.7. The van der Waals surface area contributed by atoms with Crippen LogP contribution in [0.25, 0.3) is 0 Å². The molecule has 3 heterocycles.